The molecule has 0 aliphatic heterocycles. The Morgan fingerprint density at radius 1 is 0.971 bits per heavy atom. The van der Waals surface area contributed by atoms with Crippen molar-refractivity contribution in [1.82, 2.24) is 9.55 Å². The summed E-state index contributed by atoms with van der Waals surface area (Å²) in [5.74, 6) is -0.662. The van der Waals surface area contributed by atoms with Crippen molar-refractivity contribution < 1.29 is 9.18 Å². The maximum Gasteiger partial charge on any atom is 0.263 e. The first-order valence-electron chi connectivity index (χ1n) is 10.7. The van der Waals surface area contributed by atoms with Crippen LogP contribution in [0.15, 0.2) is 95.4 Å². The Kier molecular flexibility index (Phi) is 6.01. The van der Waals surface area contributed by atoms with Crippen LogP contribution in [0.2, 0.25) is 0 Å². The normalized spacial score (nSPS) is 11.0. The van der Waals surface area contributed by atoms with Gasteiger partial charge in [0.05, 0.1) is 11.7 Å². The van der Waals surface area contributed by atoms with Gasteiger partial charge in [-0.25, -0.2) is 9.37 Å². The van der Waals surface area contributed by atoms with Crippen LogP contribution in [0.4, 0.5) is 10.1 Å². The van der Waals surface area contributed by atoms with Gasteiger partial charge in [-0.1, -0.05) is 60.7 Å². The fourth-order valence-electron chi connectivity index (χ4n) is 3.88. The maximum atomic E-state index is 13.3. The number of fused-ring (bicyclic) bond motifs is 1. The lowest BCUT2D eigenvalue weighted by Crippen LogP contribution is -2.28. The molecule has 0 aliphatic rings. The largest absolute Gasteiger partial charge is 0.324 e. The van der Waals surface area contributed by atoms with Gasteiger partial charge in [0.25, 0.3) is 5.56 Å². The molecule has 5 nitrogen and oxygen atoms in total. The smallest absolute Gasteiger partial charge is 0.263 e. The molecule has 2 heterocycles. The van der Waals surface area contributed by atoms with Crippen LogP contribution in [0, 0.1) is 5.82 Å². The van der Waals surface area contributed by atoms with Crippen LogP contribution in [0.1, 0.15) is 11.1 Å². The van der Waals surface area contributed by atoms with Gasteiger partial charge in [-0.05, 0) is 41.3 Å². The van der Waals surface area contributed by atoms with Gasteiger partial charge in [-0.3, -0.25) is 14.2 Å². The number of rotatable bonds is 6. The van der Waals surface area contributed by atoms with Gasteiger partial charge in [0.15, 0.2) is 0 Å². The monoisotopic (exact) mass is 469 g/mol. The molecule has 0 spiro atoms. The quantitative estimate of drug-likeness (QED) is 0.358. The van der Waals surface area contributed by atoms with E-state index in [2.05, 4.69) is 10.3 Å². The van der Waals surface area contributed by atoms with Gasteiger partial charge in [-0.15, -0.1) is 11.3 Å². The first-order chi connectivity index (χ1) is 16.6. The molecule has 3 aromatic carbocycles. The van der Waals surface area contributed by atoms with Gasteiger partial charge in [0, 0.05) is 16.6 Å². The number of para-hydroxylation sites is 1. The molecule has 1 amide bonds. The van der Waals surface area contributed by atoms with Gasteiger partial charge in [-0.2, -0.15) is 0 Å². The van der Waals surface area contributed by atoms with Crippen LogP contribution in [-0.4, -0.2) is 15.5 Å². The molecule has 2 aromatic heterocycles. The highest BCUT2D eigenvalue weighted by atomic mass is 32.1. The van der Waals surface area contributed by atoms with Gasteiger partial charge >= 0.3 is 0 Å². The van der Waals surface area contributed by atoms with Crippen LogP contribution < -0.4 is 10.9 Å². The van der Waals surface area contributed by atoms with Crippen molar-refractivity contribution in [1.29, 1.82) is 0 Å². The number of carbonyl (C=O) groups is 1. The molecule has 7 heteroatoms. The Labute approximate surface area is 199 Å². The predicted octanol–water partition coefficient (Wildman–Crippen LogP) is 5.49. The predicted molar refractivity (Wildman–Crippen MR) is 134 cm³/mol. The molecule has 0 radical (unpaired) electrons. The molecule has 0 unspecified atom stereocenters. The third kappa shape index (κ3) is 4.51. The molecule has 0 fully saturated rings. The summed E-state index contributed by atoms with van der Waals surface area (Å²) in [6, 6.07) is 23.6. The molecule has 0 aliphatic carbocycles. The minimum absolute atomic E-state index is 0.167. The molecule has 168 valence electrons. The molecule has 0 bridgehead atoms. The Bertz CT molecular complexity index is 1530. The van der Waals surface area contributed by atoms with Gasteiger partial charge < -0.3 is 5.32 Å². The van der Waals surface area contributed by atoms with Crippen LogP contribution in [0.3, 0.4) is 0 Å². The zero-order chi connectivity index (χ0) is 23.5. The molecule has 34 heavy (non-hydrogen) atoms. The third-order valence-electron chi connectivity index (χ3n) is 5.56. The van der Waals surface area contributed by atoms with E-state index in [1.807, 2.05) is 60.0 Å². The number of halogens is 1. The maximum absolute atomic E-state index is 13.3. The topological polar surface area (TPSA) is 64.0 Å². The summed E-state index contributed by atoms with van der Waals surface area (Å²) < 4.78 is 14.6. The lowest BCUT2D eigenvalue weighted by atomic mass is 10.0. The zero-order valence-electron chi connectivity index (χ0n) is 18.1. The van der Waals surface area contributed by atoms with E-state index in [0.717, 1.165) is 16.7 Å². The van der Waals surface area contributed by atoms with E-state index in [-0.39, 0.29) is 23.8 Å². The number of hydrogen-bond acceptors (Lipinski definition) is 4. The molecule has 5 aromatic rings. The molecule has 0 atom stereocenters. The van der Waals surface area contributed by atoms with E-state index in [4.69, 9.17) is 0 Å². The third-order valence-corrected chi connectivity index (χ3v) is 6.45. The first kappa shape index (κ1) is 21.7. The number of anilines is 1. The Balaban J connectivity index is 1.40. The van der Waals surface area contributed by atoms with Crippen molar-refractivity contribution >= 4 is 33.1 Å². The highest BCUT2D eigenvalue weighted by Crippen LogP contribution is 2.30. The lowest BCUT2D eigenvalue weighted by molar-refractivity contribution is -0.116. The summed E-state index contributed by atoms with van der Waals surface area (Å²) >= 11 is 1.34. The zero-order valence-corrected chi connectivity index (χ0v) is 18.9. The average molecular weight is 470 g/mol. The van der Waals surface area contributed by atoms with E-state index in [9.17, 15) is 14.0 Å². The summed E-state index contributed by atoms with van der Waals surface area (Å²) in [5, 5.41) is 5.19. The lowest BCUT2D eigenvalue weighted by Gasteiger charge is -2.12. The second-order valence-electron chi connectivity index (χ2n) is 7.88. The van der Waals surface area contributed by atoms with E-state index in [0.29, 0.717) is 27.9 Å². The van der Waals surface area contributed by atoms with E-state index >= 15 is 0 Å². The van der Waals surface area contributed by atoms with Crippen LogP contribution in [0.5, 0.6) is 0 Å². The summed E-state index contributed by atoms with van der Waals surface area (Å²) in [6.45, 7) is -0.167. The molecular weight excluding hydrogens is 449 g/mol. The van der Waals surface area contributed by atoms with Crippen molar-refractivity contribution in [3.05, 3.63) is 118 Å². The number of nitrogens with one attached hydrogen (secondary N) is 1. The summed E-state index contributed by atoms with van der Waals surface area (Å²) in [4.78, 5) is 31.0. The summed E-state index contributed by atoms with van der Waals surface area (Å²) in [6.07, 6.45) is 2.08. The van der Waals surface area contributed by atoms with Crippen LogP contribution in [-0.2, 0) is 17.8 Å². The summed E-state index contributed by atoms with van der Waals surface area (Å²) in [5.41, 5.74) is 3.93. The van der Waals surface area contributed by atoms with Crippen LogP contribution in [0.25, 0.3) is 21.3 Å². The Hall–Kier alpha value is -4.10. The van der Waals surface area contributed by atoms with Crippen LogP contribution >= 0.6 is 11.3 Å². The molecule has 0 saturated heterocycles. The number of hydrogen-bond donors (Lipinski definition) is 1. The summed E-state index contributed by atoms with van der Waals surface area (Å²) in [7, 11) is 0. The second-order valence-corrected chi connectivity index (χ2v) is 8.74. The molecule has 0 saturated carbocycles. The van der Waals surface area contributed by atoms with Crippen molar-refractivity contribution in [2.75, 3.05) is 5.32 Å². The number of nitrogens with zero attached hydrogens (tertiary/aromatic N) is 2. The van der Waals surface area contributed by atoms with Crippen molar-refractivity contribution in [3.63, 3.8) is 0 Å². The highest BCUT2D eigenvalue weighted by molar-refractivity contribution is 7.17. The van der Waals surface area contributed by atoms with Crippen molar-refractivity contribution in [3.8, 4) is 11.1 Å². The van der Waals surface area contributed by atoms with Gasteiger partial charge in [0.2, 0.25) is 5.91 Å². The van der Waals surface area contributed by atoms with E-state index in [1.54, 1.807) is 12.1 Å². The molecule has 5 rings (SSSR count). The van der Waals surface area contributed by atoms with Crippen molar-refractivity contribution in [2.45, 2.75) is 13.0 Å². The number of benzene rings is 3. The molecule has 1 N–H and O–H groups in total. The number of carbonyl (C=O) groups excluding carboxylic acids is 1. The fourth-order valence-corrected chi connectivity index (χ4v) is 4.79. The highest BCUT2D eigenvalue weighted by Gasteiger charge is 2.15. The average Bonchev–Trinajstić information content (AvgIpc) is 3.28. The van der Waals surface area contributed by atoms with Gasteiger partial charge in [0.1, 0.15) is 17.2 Å². The molecular formula is C27H20FN3O2S. The van der Waals surface area contributed by atoms with Crippen molar-refractivity contribution in [2.24, 2.45) is 0 Å². The SMILES string of the molecule is O=C(Cn1cnc2scc(-c3ccc(F)cc3)c2c1=O)Nc1ccccc1Cc1ccccc1. The Morgan fingerprint density at radius 2 is 1.71 bits per heavy atom. The fraction of sp³-hybridized carbons (Fsp3) is 0.0741. The number of amides is 1. The Morgan fingerprint density at radius 3 is 2.50 bits per heavy atom. The number of thiophene rings is 1. The van der Waals surface area contributed by atoms with E-state index < -0.39 is 0 Å². The van der Waals surface area contributed by atoms with E-state index in [1.165, 1.54) is 34.4 Å². The standard InChI is InChI=1S/C27H20FN3O2S/c28-21-12-10-19(11-13-21)22-16-34-26-25(22)27(33)31(17-29-26)15-24(32)30-23-9-5-4-8-20(23)14-18-6-2-1-3-7-18/h1-13,16-17H,14-15H2,(H,30,32). The number of aromatic nitrogens is 2. The minimum atomic E-state index is -0.344. The minimum Gasteiger partial charge on any atom is -0.324 e. The first-order valence-corrected chi connectivity index (χ1v) is 11.6. The second kappa shape index (κ2) is 9.41.